The Kier molecular flexibility index (Phi) is 3.28. The van der Waals surface area contributed by atoms with E-state index in [1.807, 2.05) is 11.3 Å². The maximum atomic E-state index is 4.44. The first kappa shape index (κ1) is 12.5. The fourth-order valence-electron chi connectivity index (χ4n) is 2.94. The van der Waals surface area contributed by atoms with Crippen LogP contribution in [0.1, 0.15) is 39.9 Å². The van der Waals surface area contributed by atoms with Gasteiger partial charge in [0, 0.05) is 24.9 Å². The molecule has 2 aliphatic rings. The molecule has 0 spiro atoms. The summed E-state index contributed by atoms with van der Waals surface area (Å²) in [5.74, 6) is 0.551. The van der Waals surface area contributed by atoms with Crippen molar-refractivity contribution in [3.63, 3.8) is 0 Å². The molecule has 104 valence electrons. The van der Waals surface area contributed by atoms with Crippen LogP contribution in [0.2, 0.25) is 0 Å². The van der Waals surface area contributed by atoms with Crippen LogP contribution < -0.4 is 5.32 Å². The van der Waals surface area contributed by atoms with Crippen LogP contribution >= 0.6 is 11.3 Å². The van der Waals surface area contributed by atoms with Gasteiger partial charge in [-0.15, -0.1) is 21.5 Å². The molecule has 4 rings (SSSR count). The molecular weight excluding hydrogens is 266 g/mol. The molecule has 0 saturated heterocycles. The van der Waals surface area contributed by atoms with Crippen LogP contribution in [0.3, 0.4) is 0 Å². The zero-order valence-corrected chi connectivity index (χ0v) is 12.3. The first-order valence-corrected chi connectivity index (χ1v) is 8.32. The van der Waals surface area contributed by atoms with E-state index < -0.39 is 0 Å². The van der Waals surface area contributed by atoms with E-state index in [0.717, 1.165) is 31.8 Å². The summed E-state index contributed by atoms with van der Waals surface area (Å²) in [5, 5.41) is 14.8. The number of hydrogen-bond donors (Lipinski definition) is 1. The van der Waals surface area contributed by atoms with E-state index in [9.17, 15) is 0 Å². The summed E-state index contributed by atoms with van der Waals surface area (Å²) in [6.07, 6.45) is 5.98. The zero-order valence-electron chi connectivity index (χ0n) is 11.5. The average Bonchev–Trinajstić information content (AvgIpc) is 3.01. The average molecular weight is 285 g/mol. The molecule has 1 aromatic heterocycles. The number of benzene rings is 1. The Bertz CT molecular complexity index is 578. The van der Waals surface area contributed by atoms with Crippen molar-refractivity contribution in [2.24, 2.45) is 0 Å². The molecular formula is C16H19N3S. The fourth-order valence-corrected chi connectivity index (χ4v) is 3.88. The summed E-state index contributed by atoms with van der Waals surface area (Å²) in [5.41, 5.74) is 2.98. The van der Waals surface area contributed by atoms with Crippen molar-refractivity contribution in [3.8, 4) is 0 Å². The van der Waals surface area contributed by atoms with E-state index in [1.54, 1.807) is 0 Å². The number of hydrogen-bond acceptors (Lipinski definition) is 4. The molecule has 0 amide bonds. The Morgan fingerprint density at radius 3 is 2.55 bits per heavy atom. The number of aromatic nitrogens is 2. The smallest absolute Gasteiger partial charge is 0.121 e. The van der Waals surface area contributed by atoms with Gasteiger partial charge in [0.1, 0.15) is 10.0 Å². The van der Waals surface area contributed by atoms with Crippen molar-refractivity contribution >= 4 is 11.3 Å². The van der Waals surface area contributed by atoms with Gasteiger partial charge in [-0.1, -0.05) is 24.3 Å². The second-order valence-electron chi connectivity index (χ2n) is 5.89. The summed E-state index contributed by atoms with van der Waals surface area (Å²) in [7, 11) is 0. The van der Waals surface area contributed by atoms with E-state index in [0.29, 0.717) is 5.92 Å². The van der Waals surface area contributed by atoms with E-state index in [1.165, 1.54) is 34.0 Å². The third-order valence-corrected chi connectivity index (χ3v) is 5.38. The van der Waals surface area contributed by atoms with Crippen molar-refractivity contribution in [2.45, 2.75) is 44.1 Å². The van der Waals surface area contributed by atoms with Gasteiger partial charge < -0.3 is 5.32 Å². The second kappa shape index (κ2) is 5.26. The van der Waals surface area contributed by atoms with Crippen molar-refractivity contribution < 1.29 is 0 Å². The number of rotatable bonds is 5. The minimum absolute atomic E-state index is 0.551. The van der Waals surface area contributed by atoms with Gasteiger partial charge in [0.05, 0.1) is 0 Å². The van der Waals surface area contributed by atoms with E-state index in [-0.39, 0.29) is 0 Å². The van der Waals surface area contributed by atoms with E-state index in [2.05, 4.69) is 39.8 Å². The number of nitrogens with zero attached hydrogens (tertiary/aromatic N) is 2. The highest BCUT2D eigenvalue weighted by molar-refractivity contribution is 7.11. The highest BCUT2D eigenvalue weighted by Gasteiger charge is 2.25. The second-order valence-corrected chi connectivity index (χ2v) is 6.98. The third kappa shape index (κ3) is 2.63. The van der Waals surface area contributed by atoms with Crippen LogP contribution in [0.4, 0.5) is 0 Å². The molecule has 4 heteroatoms. The highest BCUT2D eigenvalue weighted by Crippen LogP contribution is 2.35. The van der Waals surface area contributed by atoms with Gasteiger partial charge >= 0.3 is 0 Å². The Morgan fingerprint density at radius 2 is 1.85 bits per heavy atom. The predicted octanol–water partition coefficient (Wildman–Crippen LogP) is 2.72. The van der Waals surface area contributed by atoms with Crippen molar-refractivity contribution in [2.75, 3.05) is 6.54 Å². The molecule has 1 aromatic carbocycles. The topological polar surface area (TPSA) is 37.8 Å². The van der Waals surface area contributed by atoms with Crippen LogP contribution in [0, 0.1) is 0 Å². The molecule has 0 radical (unpaired) electrons. The zero-order chi connectivity index (χ0) is 13.4. The van der Waals surface area contributed by atoms with Gasteiger partial charge in [-0.2, -0.15) is 0 Å². The minimum Gasteiger partial charge on any atom is -0.314 e. The Morgan fingerprint density at radius 1 is 1.10 bits per heavy atom. The Labute approximate surface area is 123 Å². The maximum absolute atomic E-state index is 4.44. The largest absolute Gasteiger partial charge is 0.314 e. The van der Waals surface area contributed by atoms with Crippen molar-refractivity contribution in [1.82, 2.24) is 15.5 Å². The molecule has 0 aliphatic heterocycles. The first-order valence-electron chi connectivity index (χ1n) is 7.51. The van der Waals surface area contributed by atoms with E-state index in [4.69, 9.17) is 0 Å². The lowest BCUT2D eigenvalue weighted by Crippen LogP contribution is -2.19. The molecule has 0 atom stereocenters. The van der Waals surface area contributed by atoms with Crippen molar-refractivity contribution in [3.05, 3.63) is 45.4 Å². The minimum atomic E-state index is 0.551. The van der Waals surface area contributed by atoms with Crippen LogP contribution in [-0.4, -0.2) is 22.8 Å². The molecule has 1 saturated carbocycles. The van der Waals surface area contributed by atoms with Gasteiger partial charge in [-0.05, 0) is 36.8 Å². The monoisotopic (exact) mass is 285 g/mol. The molecule has 0 unspecified atom stereocenters. The van der Waals surface area contributed by atoms with E-state index >= 15 is 0 Å². The van der Waals surface area contributed by atoms with Crippen molar-refractivity contribution in [1.29, 1.82) is 0 Å². The van der Waals surface area contributed by atoms with Gasteiger partial charge in [0.2, 0.25) is 0 Å². The number of nitrogens with one attached hydrogen (secondary N) is 1. The molecule has 1 fully saturated rings. The van der Waals surface area contributed by atoms with Crippen LogP contribution in [-0.2, 0) is 19.3 Å². The molecule has 20 heavy (non-hydrogen) atoms. The van der Waals surface area contributed by atoms with Crippen LogP contribution in [0.15, 0.2) is 24.3 Å². The molecule has 2 aromatic rings. The predicted molar refractivity (Wildman–Crippen MR) is 81.2 cm³/mol. The lowest BCUT2D eigenvalue weighted by molar-refractivity contribution is 0.675. The summed E-state index contributed by atoms with van der Waals surface area (Å²) in [6, 6.07) is 9.55. The van der Waals surface area contributed by atoms with Crippen LogP contribution in [0.5, 0.6) is 0 Å². The summed E-state index contributed by atoms with van der Waals surface area (Å²) in [6.45, 7) is 1.05. The third-order valence-electron chi connectivity index (χ3n) is 4.23. The molecule has 3 nitrogen and oxygen atoms in total. The SMILES string of the molecule is c1ccc2c(c1)CC(c1nnc(CCNC3CC3)s1)C2. The number of fused-ring (bicyclic) bond motifs is 1. The molecule has 0 bridgehead atoms. The van der Waals surface area contributed by atoms with Gasteiger partial charge in [-0.3, -0.25) is 0 Å². The Hall–Kier alpha value is -1.26. The summed E-state index contributed by atoms with van der Waals surface area (Å²) < 4.78 is 0. The normalized spacial score (nSPS) is 18.4. The molecule has 2 aliphatic carbocycles. The molecule has 1 N–H and O–H groups in total. The standard InChI is InChI=1S/C16H19N3S/c1-2-4-12-10-13(9-11(12)3-1)16-19-18-15(20-16)7-8-17-14-5-6-14/h1-4,13-14,17H,5-10H2. The Balaban J connectivity index is 1.38. The van der Waals surface area contributed by atoms with Gasteiger partial charge in [-0.25, -0.2) is 0 Å². The lowest BCUT2D eigenvalue weighted by atomic mass is 10.1. The molecule has 1 heterocycles. The summed E-state index contributed by atoms with van der Waals surface area (Å²) in [4.78, 5) is 0. The summed E-state index contributed by atoms with van der Waals surface area (Å²) >= 11 is 1.81. The quantitative estimate of drug-likeness (QED) is 0.918. The lowest BCUT2D eigenvalue weighted by Gasteiger charge is -2.02. The van der Waals surface area contributed by atoms with Gasteiger partial charge in [0.25, 0.3) is 0 Å². The highest BCUT2D eigenvalue weighted by atomic mass is 32.1. The van der Waals surface area contributed by atoms with Crippen LogP contribution in [0.25, 0.3) is 0 Å². The van der Waals surface area contributed by atoms with Gasteiger partial charge in [0.15, 0.2) is 0 Å². The maximum Gasteiger partial charge on any atom is 0.121 e. The first-order chi connectivity index (χ1) is 9.88. The fraction of sp³-hybridized carbons (Fsp3) is 0.500.